The van der Waals surface area contributed by atoms with Gasteiger partial charge in [-0.3, -0.25) is 0 Å². The Bertz CT molecular complexity index is 660. The molecule has 108 valence electrons. The minimum Gasteiger partial charge on any atom is -0.490 e. The van der Waals surface area contributed by atoms with Crippen molar-refractivity contribution >= 4 is 23.2 Å². The maximum absolute atomic E-state index is 8.92. The third-order valence-electron chi connectivity index (χ3n) is 2.81. The average molecular weight is 322 g/mol. The summed E-state index contributed by atoms with van der Waals surface area (Å²) in [6.45, 7) is 2.58. The standard InChI is InChI=1S/C16H13Cl2NO2/c1-2-20-16-8-11(9-19)6-7-15(16)21-10-12-13(17)4-3-5-14(12)18/h3-8H,2,10H2,1H3. The molecule has 21 heavy (non-hydrogen) atoms. The van der Waals surface area contributed by atoms with E-state index in [9.17, 15) is 0 Å². The van der Waals surface area contributed by atoms with Crippen LogP contribution in [0.1, 0.15) is 18.1 Å². The van der Waals surface area contributed by atoms with Crippen molar-refractivity contribution in [2.45, 2.75) is 13.5 Å². The minimum absolute atomic E-state index is 0.227. The van der Waals surface area contributed by atoms with E-state index in [1.807, 2.05) is 6.92 Å². The summed E-state index contributed by atoms with van der Waals surface area (Å²) < 4.78 is 11.2. The van der Waals surface area contributed by atoms with Crippen molar-refractivity contribution in [1.82, 2.24) is 0 Å². The van der Waals surface area contributed by atoms with Crippen LogP contribution in [0.2, 0.25) is 10.0 Å². The molecule has 0 saturated heterocycles. The lowest BCUT2D eigenvalue weighted by Crippen LogP contribution is -2.01. The van der Waals surface area contributed by atoms with E-state index < -0.39 is 0 Å². The Hall–Kier alpha value is -1.89. The van der Waals surface area contributed by atoms with Gasteiger partial charge in [-0.25, -0.2) is 0 Å². The fraction of sp³-hybridized carbons (Fsp3) is 0.188. The molecule has 0 aromatic heterocycles. The highest BCUT2D eigenvalue weighted by molar-refractivity contribution is 6.35. The molecule has 0 N–H and O–H groups in total. The van der Waals surface area contributed by atoms with Crippen molar-refractivity contribution in [3.8, 4) is 17.6 Å². The summed E-state index contributed by atoms with van der Waals surface area (Å²) in [7, 11) is 0. The fourth-order valence-electron chi connectivity index (χ4n) is 1.79. The second-order valence-electron chi connectivity index (χ2n) is 4.20. The first-order valence-electron chi connectivity index (χ1n) is 6.38. The second-order valence-corrected chi connectivity index (χ2v) is 5.01. The van der Waals surface area contributed by atoms with Crippen molar-refractivity contribution < 1.29 is 9.47 Å². The topological polar surface area (TPSA) is 42.2 Å². The van der Waals surface area contributed by atoms with Gasteiger partial charge in [-0.15, -0.1) is 0 Å². The van der Waals surface area contributed by atoms with Crippen LogP contribution >= 0.6 is 23.2 Å². The Morgan fingerprint density at radius 3 is 2.38 bits per heavy atom. The van der Waals surface area contributed by atoms with Crippen LogP contribution in [0.25, 0.3) is 0 Å². The smallest absolute Gasteiger partial charge is 0.162 e. The van der Waals surface area contributed by atoms with Gasteiger partial charge in [0, 0.05) is 21.7 Å². The molecule has 0 aliphatic heterocycles. The molecular formula is C16H13Cl2NO2. The molecule has 2 aromatic carbocycles. The summed E-state index contributed by atoms with van der Waals surface area (Å²) in [4.78, 5) is 0. The number of rotatable bonds is 5. The maximum Gasteiger partial charge on any atom is 0.162 e. The molecule has 0 amide bonds. The summed E-state index contributed by atoms with van der Waals surface area (Å²) in [6, 6.07) is 12.4. The fourth-order valence-corrected chi connectivity index (χ4v) is 2.29. The maximum atomic E-state index is 8.92. The predicted molar refractivity (Wildman–Crippen MR) is 83.1 cm³/mol. The highest BCUT2D eigenvalue weighted by Crippen LogP contribution is 2.31. The van der Waals surface area contributed by atoms with Gasteiger partial charge in [0.15, 0.2) is 11.5 Å². The van der Waals surface area contributed by atoms with E-state index in [0.717, 1.165) is 0 Å². The lowest BCUT2D eigenvalue weighted by molar-refractivity contribution is 0.269. The third kappa shape index (κ3) is 3.81. The number of ether oxygens (including phenoxy) is 2. The van der Waals surface area contributed by atoms with Crippen LogP contribution < -0.4 is 9.47 Å². The lowest BCUT2D eigenvalue weighted by Gasteiger charge is -2.13. The Morgan fingerprint density at radius 2 is 1.76 bits per heavy atom. The number of nitrogens with zero attached hydrogens (tertiary/aromatic N) is 1. The number of halogens is 2. The molecule has 0 aliphatic rings. The van der Waals surface area contributed by atoms with Gasteiger partial charge >= 0.3 is 0 Å². The Kier molecular flexibility index (Phi) is 5.32. The molecule has 0 bridgehead atoms. The Labute approximate surface area is 133 Å². The molecule has 0 atom stereocenters. The summed E-state index contributed by atoms with van der Waals surface area (Å²) >= 11 is 12.2. The van der Waals surface area contributed by atoms with Gasteiger partial charge in [0.25, 0.3) is 0 Å². The number of nitriles is 1. The van der Waals surface area contributed by atoms with Crippen LogP contribution in [0.15, 0.2) is 36.4 Å². The summed E-state index contributed by atoms with van der Waals surface area (Å²) in [5.41, 5.74) is 1.23. The molecule has 5 heteroatoms. The molecule has 2 aromatic rings. The van der Waals surface area contributed by atoms with Crippen LogP contribution in [0.3, 0.4) is 0 Å². The first-order chi connectivity index (χ1) is 10.2. The van der Waals surface area contributed by atoms with E-state index in [-0.39, 0.29) is 6.61 Å². The summed E-state index contributed by atoms with van der Waals surface area (Å²) in [6.07, 6.45) is 0. The second kappa shape index (κ2) is 7.21. The molecule has 0 saturated carbocycles. The van der Waals surface area contributed by atoms with Crippen molar-refractivity contribution in [1.29, 1.82) is 5.26 Å². The molecule has 2 rings (SSSR count). The lowest BCUT2D eigenvalue weighted by atomic mass is 10.2. The van der Waals surface area contributed by atoms with E-state index in [1.165, 1.54) is 0 Å². The minimum atomic E-state index is 0.227. The monoisotopic (exact) mass is 321 g/mol. The van der Waals surface area contributed by atoms with Gasteiger partial charge in [0.2, 0.25) is 0 Å². The van der Waals surface area contributed by atoms with Crippen molar-refractivity contribution in [3.63, 3.8) is 0 Å². The molecule has 0 heterocycles. The molecule has 3 nitrogen and oxygen atoms in total. The molecular weight excluding hydrogens is 309 g/mol. The molecule has 0 radical (unpaired) electrons. The zero-order valence-electron chi connectivity index (χ0n) is 11.4. The zero-order valence-corrected chi connectivity index (χ0v) is 12.9. The summed E-state index contributed by atoms with van der Waals surface area (Å²) in [5, 5.41) is 10.0. The van der Waals surface area contributed by atoms with E-state index in [4.69, 9.17) is 37.9 Å². The van der Waals surface area contributed by atoms with Crippen molar-refractivity contribution in [2.75, 3.05) is 6.61 Å². The van der Waals surface area contributed by atoms with Gasteiger partial charge in [0.05, 0.1) is 18.2 Å². The van der Waals surface area contributed by atoms with Gasteiger partial charge in [-0.05, 0) is 31.2 Å². The predicted octanol–water partition coefficient (Wildman–Crippen LogP) is 4.84. The van der Waals surface area contributed by atoms with E-state index in [2.05, 4.69) is 6.07 Å². The van der Waals surface area contributed by atoms with Crippen LogP contribution in [0.4, 0.5) is 0 Å². The van der Waals surface area contributed by atoms with Gasteiger partial charge < -0.3 is 9.47 Å². The van der Waals surface area contributed by atoms with Gasteiger partial charge in [-0.1, -0.05) is 29.3 Å². The van der Waals surface area contributed by atoms with E-state index in [0.29, 0.717) is 39.3 Å². The summed E-state index contributed by atoms with van der Waals surface area (Å²) in [5.74, 6) is 1.08. The van der Waals surface area contributed by atoms with Crippen LogP contribution in [0, 0.1) is 11.3 Å². The normalized spacial score (nSPS) is 10.0. The van der Waals surface area contributed by atoms with Gasteiger partial charge in [-0.2, -0.15) is 5.26 Å². The third-order valence-corrected chi connectivity index (χ3v) is 3.51. The average Bonchev–Trinajstić information content (AvgIpc) is 2.48. The largest absolute Gasteiger partial charge is 0.490 e. The molecule has 0 spiro atoms. The number of hydrogen-bond donors (Lipinski definition) is 0. The molecule has 0 fully saturated rings. The SMILES string of the molecule is CCOc1cc(C#N)ccc1OCc1c(Cl)cccc1Cl. The van der Waals surface area contributed by atoms with Crippen molar-refractivity contribution in [3.05, 3.63) is 57.6 Å². The van der Waals surface area contributed by atoms with E-state index in [1.54, 1.807) is 36.4 Å². The molecule has 0 unspecified atom stereocenters. The van der Waals surface area contributed by atoms with Gasteiger partial charge in [0.1, 0.15) is 6.61 Å². The van der Waals surface area contributed by atoms with Crippen molar-refractivity contribution in [2.24, 2.45) is 0 Å². The highest BCUT2D eigenvalue weighted by Gasteiger charge is 2.10. The van der Waals surface area contributed by atoms with Crippen LogP contribution in [0.5, 0.6) is 11.5 Å². The van der Waals surface area contributed by atoms with Crippen LogP contribution in [-0.2, 0) is 6.61 Å². The Morgan fingerprint density at radius 1 is 1.05 bits per heavy atom. The first kappa shape index (κ1) is 15.5. The molecule has 0 aliphatic carbocycles. The Balaban J connectivity index is 2.22. The highest BCUT2D eigenvalue weighted by atomic mass is 35.5. The number of benzene rings is 2. The quantitative estimate of drug-likeness (QED) is 0.791. The van der Waals surface area contributed by atoms with Crippen LogP contribution in [-0.4, -0.2) is 6.61 Å². The number of hydrogen-bond acceptors (Lipinski definition) is 3. The van der Waals surface area contributed by atoms with E-state index >= 15 is 0 Å². The zero-order chi connectivity index (χ0) is 15.2. The first-order valence-corrected chi connectivity index (χ1v) is 7.14.